The number of carbonyl (C=O) groups excluding carboxylic acids is 3. The third kappa shape index (κ3) is 4.38. The Bertz CT molecular complexity index is 1150. The van der Waals surface area contributed by atoms with E-state index in [0.717, 1.165) is 9.80 Å². The van der Waals surface area contributed by atoms with Gasteiger partial charge in [0.25, 0.3) is 11.8 Å². The first-order valence-corrected chi connectivity index (χ1v) is 10.5. The summed E-state index contributed by atoms with van der Waals surface area (Å²) in [5, 5.41) is 3.32. The van der Waals surface area contributed by atoms with Gasteiger partial charge in [-0.2, -0.15) is 0 Å². The minimum absolute atomic E-state index is 0.0954. The summed E-state index contributed by atoms with van der Waals surface area (Å²) in [6, 6.07) is 11.3. The number of hydrogen-bond acceptors (Lipinski definition) is 6. The van der Waals surface area contributed by atoms with Crippen LogP contribution < -0.4 is 5.32 Å². The first kappa shape index (κ1) is 20.5. The number of rotatable bonds is 5. The van der Waals surface area contributed by atoms with Gasteiger partial charge in [-0.3, -0.25) is 19.8 Å². The van der Waals surface area contributed by atoms with Gasteiger partial charge in [-0.15, -0.1) is 0 Å². The maximum Gasteiger partial charge on any atom is 0.331 e. The van der Waals surface area contributed by atoms with Gasteiger partial charge in [0.1, 0.15) is 17.1 Å². The van der Waals surface area contributed by atoms with E-state index >= 15 is 0 Å². The molecule has 0 atom stereocenters. The Morgan fingerprint density at radius 1 is 1.17 bits per heavy atom. The Balaban J connectivity index is 1.58. The number of nitrogens with zero attached hydrogens (tertiary/aromatic N) is 1. The lowest BCUT2D eigenvalue weighted by atomic mass is 10.1. The van der Waals surface area contributed by atoms with Crippen LogP contribution in [0.3, 0.4) is 0 Å². The summed E-state index contributed by atoms with van der Waals surface area (Å²) < 4.78 is 11.6. The molecule has 0 unspecified atom stereocenters. The van der Waals surface area contributed by atoms with Crippen LogP contribution in [0.1, 0.15) is 11.5 Å². The minimum atomic E-state index is -0.807. The second kappa shape index (κ2) is 8.55. The predicted octanol–water partition coefficient (Wildman–Crippen LogP) is 5.10. The number of furan rings is 2. The van der Waals surface area contributed by atoms with E-state index in [1.165, 1.54) is 24.1 Å². The molecule has 1 saturated heterocycles. The van der Waals surface area contributed by atoms with E-state index in [1.54, 1.807) is 30.3 Å². The normalized spacial score (nSPS) is 15.7. The van der Waals surface area contributed by atoms with Gasteiger partial charge in [-0.25, -0.2) is 4.79 Å². The molecule has 152 valence electrons. The molecule has 30 heavy (non-hydrogen) atoms. The largest absolute Gasteiger partial charge is 0.467 e. The van der Waals surface area contributed by atoms with Gasteiger partial charge in [0.05, 0.1) is 17.3 Å². The Hall–Kier alpha value is -2.75. The molecule has 1 N–H and O–H groups in total. The van der Waals surface area contributed by atoms with Crippen molar-refractivity contribution in [3.8, 4) is 0 Å². The predicted molar refractivity (Wildman–Crippen MR) is 113 cm³/mol. The molecule has 0 saturated carbocycles. The summed E-state index contributed by atoms with van der Waals surface area (Å²) >= 11 is 10.7. The van der Waals surface area contributed by atoms with E-state index in [1.807, 2.05) is 12.1 Å². The summed E-state index contributed by atoms with van der Waals surface area (Å²) in [5.41, 5.74) is -0.217. The van der Waals surface area contributed by atoms with Gasteiger partial charge in [0, 0.05) is 9.92 Å². The lowest BCUT2D eigenvalue weighted by molar-refractivity contribution is -0.130. The number of hydrogen-bond donors (Lipinski definition) is 1. The van der Waals surface area contributed by atoms with Crippen LogP contribution in [0.5, 0.6) is 0 Å². The Labute approximate surface area is 188 Å². The first-order chi connectivity index (χ1) is 14.4. The Morgan fingerprint density at radius 2 is 1.93 bits per heavy atom. The highest BCUT2D eigenvalue weighted by Gasteiger charge is 2.36. The van der Waals surface area contributed by atoms with Crippen LogP contribution in [-0.4, -0.2) is 22.7 Å². The van der Waals surface area contributed by atoms with Crippen molar-refractivity contribution in [2.45, 2.75) is 16.5 Å². The van der Waals surface area contributed by atoms with Gasteiger partial charge in [0.2, 0.25) is 0 Å². The summed E-state index contributed by atoms with van der Waals surface area (Å²) in [5.74, 6) is -0.835. The van der Waals surface area contributed by atoms with Crippen molar-refractivity contribution in [3.63, 3.8) is 0 Å². The zero-order chi connectivity index (χ0) is 21.3. The van der Waals surface area contributed by atoms with Gasteiger partial charge < -0.3 is 8.83 Å². The van der Waals surface area contributed by atoms with Crippen LogP contribution in [0.25, 0.3) is 6.08 Å². The molecule has 7 nitrogen and oxygen atoms in total. The summed E-state index contributed by atoms with van der Waals surface area (Å²) in [6.45, 7) is -0.0954. The number of carbonyl (C=O) groups is 3. The van der Waals surface area contributed by atoms with Crippen LogP contribution in [0, 0.1) is 0 Å². The van der Waals surface area contributed by atoms with E-state index in [9.17, 15) is 14.4 Å². The number of urea groups is 1. The second-order valence-electron chi connectivity index (χ2n) is 6.13. The van der Waals surface area contributed by atoms with E-state index in [2.05, 4.69) is 21.2 Å². The monoisotopic (exact) mass is 506 g/mol. The molecular weight excluding hydrogens is 496 g/mol. The van der Waals surface area contributed by atoms with Gasteiger partial charge in [-0.05, 0) is 64.5 Å². The summed E-state index contributed by atoms with van der Waals surface area (Å²) in [4.78, 5) is 38.9. The lowest BCUT2D eigenvalue weighted by Crippen LogP contribution is -2.53. The Kier molecular flexibility index (Phi) is 5.85. The number of nitrogens with one attached hydrogen (secondary N) is 1. The molecule has 0 spiro atoms. The smallest absolute Gasteiger partial charge is 0.331 e. The van der Waals surface area contributed by atoms with Crippen LogP contribution in [0.4, 0.5) is 4.79 Å². The van der Waals surface area contributed by atoms with Crippen LogP contribution in [-0.2, 0) is 16.1 Å². The standard InChI is InChI=1S/C20H12BrClN2O5S/c21-16-9-13(29-19(16)30-14-5-3-11(22)4-6-14)8-15-17(25)23-20(27)24(18(15)26)10-12-2-1-7-28-12/h1-9H,10H2,(H,23,25,27)/b15-8+. The number of benzene rings is 1. The molecule has 1 aliphatic heterocycles. The molecule has 0 aliphatic carbocycles. The van der Waals surface area contributed by atoms with E-state index < -0.39 is 17.8 Å². The van der Waals surface area contributed by atoms with Gasteiger partial charge in [-0.1, -0.05) is 23.4 Å². The van der Waals surface area contributed by atoms with Crippen molar-refractivity contribution in [1.82, 2.24) is 10.2 Å². The topological polar surface area (TPSA) is 92.8 Å². The van der Waals surface area contributed by atoms with E-state index in [4.69, 9.17) is 20.4 Å². The molecule has 10 heteroatoms. The molecule has 2 aromatic heterocycles. The van der Waals surface area contributed by atoms with Crippen molar-refractivity contribution < 1.29 is 23.2 Å². The highest BCUT2D eigenvalue weighted by atomic mass is 79.9. The van der Waals surface area contributed by atoms with E-state index in [0.29, 0.717) is 20.3 Å². The number of amides is 4. The molecule has 0 radical (unpaired) electrons. The second-order valence-corrected chi connectivity index (χ2v) is 8.47. The molecule has 1 aliphatic rings. The molecule has 3 aromatic rings. The molecule has 3 heterocycles. The first-order valence-electron chi connectivity index (χ1n) is 8.55. The summed E-state index contributed by atoms with van der Waals surface area (Å²) in [6.07, 6.45) is 2.74. The fourth-order valence-electron chi connectivity index (χ4n) is 2.66. The number of barbiturate groups is 1. The molecule has 1 aromatic carbocycles. The quantitative estimate of drug-likeness (QED) is 0.381. The number of imide groups is 2. The fourth-order valence-corrected chi connectivity index (χ4v) is 4.11. The molecule has 4 rings (SSSR count). The van der Waals surface area contributed by atoms with Crippen molar-refractivity contribution in [2.75, 3.05) is 0 Å². The van der Waals surface area contributed by atoms with Crippen LogP contribution in [0.15, 0.2) is 77.6 Å². The maximum absolute atomic E-state index is 12.8. The van der Waals surface area contributed by atoms with Crippen molar-refractivity contribution >= 4 is 63.2 Å². The van der Waals surface area contributed by atoms with Gasteiger partial charge >= 0.3 is 6.03 Å². The zero-order valence-corrected chi connectivity index (χ0v) is 18.2. The third-order valence-electron chi connectivity index (χ3n) is 4.07. The highest BCUT2D eigenvalue weighted by Crippen LogP contribution is 2.37. The molecule has 4 amide bonds. The fraction of sp³-hybridized carbons (Fsp3) is 0.0500. The van der Waals surface area contributed by atoms with E-state index in [-0.39, 0.29) is 17.9 Å². The number of halogens is 2. The maximum atomic E-state index is 12.8. The van der Waals surface area contributed by atoms with Crippen molar-refractivity contribution in [2.24, 2.45) is 0 Å². The third-order valence-corrected chi connectivity index (χ3v) is 6.17. The molecular formula is C20H12BrClN2O5S. The molecule has 0 bridgehead atoms. The minimum Gasteiger partial charge on any atom is -0.467 e. The van der Waals surface area contributed by atoms with Crippen LogP contribution >= 0.6 is 39.3 Å². The van der Waals surface area contributed by atoms with Crippen molar-refractivity contribution in [3.05, 3.63) is 75.3 Å². The molecule has 1 fully saturated rings. The summed E-state index contributed by atoms with van der Waals surface area (Å²) in [7, 11) is 0. The average molecular weight is 508 g/mol. The average Bonchev–Trinajstić information content (AvgIpc) is 3.34. The van der Waals surface area contributed by atoms with Gasteiger partial charge in [0.15, 0.2) is 5.09 Å². The Morgan fingerprint density at radius 3 is 2.63 bits per heavy atom. The highest BCUT2D eigenvalue weighted by molar-refractivity contribution is 9.10. The zero-order valence-electron chi connectivity index (χ0n) is 15.1. The lowest BCUT2D eigenvalue weighted by Gasteiger charge is -2.25. The SMILES string of the molecule is O=C1NC(=O)N(Cc2ccco2)C(=O)/C1=C/c1cc(Br)c(Sc2ccc(Cl)cc2)o1. The van der Waals surface area contributed by atoms with Crippen molar-refractivity contribution in [1.29, 1.82) is 0 Å². The van der Waals surface area contributed by atoms with Crippen LogP contribution in [0.2, 0.25) is 5.02 Å².